The average Bonchev–Trinajstić information content (AvgIpc) is 2.46. The number of fused-ring (bicyclic) bond motifs is 2. The van der Waals surface area contributed by atoms with Gasteiger partial charge in [0.2, 0.25) is 0 Å². The molecule has 0 saturated carbocycles. The van der Waals surface area contributed by atoms with Crippen LogP contribution in [0, 0.1) is 13.8 Å². The van der Waals surface area contributed by atoms with E-state index >= 15 is 0 Å². The molecule has 0 bridgehead atoms. The Bertz CT molecular complexity index is 697. The third-order valence-electron chi connectivity index (χ3n) is 4.05. The Morgan fingerprint density at radius 2 is 2.05 bits per heavy atom. The Morgan fingerprint density at radius 3 is 2.81 bits per heavy atom. The van der Waals surface area contributed by atoms with E-state index in [0.717, 1.165) is 23.5 Å². The summed E-state index contributed by atoms with van der Waals surface area (Å²) in [5.41, 5.74) is 5.94. The van der Waals surface area contributed by atoms with Crippen molar-refractivity contribution < 1.29 is 9.53 Å². The van der Waals surface area contributed by atoms with Crippen molar-refractivity contribution in [2.24, 2.45) is 0 Å². The van der Waals surface area contributed by atoms with E-state index in [4.69, 9.17) is 4.74 Å². The van der Waals surface area contributed by atoms with E-state index in [2.05, 4.69) is 37.0 Å². The van der Waals surface area contributed by atoms with Gasteiger partial charge in [-0.25, -0.2) is 4.98 Å². The minimum absolute atomic E-state index is 0.391. The summed E-state index contributed by atoms with van der Waals surface area (Å²) in [6.07, 6.45) is 2.23. The Balaban J connectivity index is 2.18. The Labute approximate surface area is 124 Å². The van der Waals surface area contributed by atoms with E-state index in [1.165, 1.54) is 16.7 Å². The SMILES string of the molecule is Cc1cc2c(cc1C)N(C(C)OC=O)c1ncccc1C2. The average molecular weight is 282 g/mol. The zero-order valence-corrected chi connectivity index (χ0v) is 12.5. The highest BCUT2D eigenvalue weighted by Gasteiger charge is 2.28. The molecule has 1 atom stereocenters. The molecule has 0 radical (unpaired) electrons. The molecule has 0 N–H and O–H groups in total. The van der Waals surface area contributed by atoms with Crippen molar-refractivity contribution in [2.45, 2.75) is 33.4 Å². The van der Waals surface area contributed by atoms with Crippen LogP contribution in [0.5, 0.6) is 0 Å². The van der Waals surface area contributed by atoms with Crippen LogP contribution in [0.4, 0.5) is 11.5 Å². The maximum atomic E-state index is 10.7. The van der Waals surface area contributed by atoms with Gasteiger partial charge in [0.05, 0.1) is 0 Å². The predicted octanol–water partition coefficient (Wildman–Crippen LogP) is 3.26. The fourth-order valence-corrected chi connectivity index (χ4v) is 2.84. The fourth-order valence-electron chi connectivity index (χ4n) is 2.84. The van der Waals surface area contributed by atoms with Gasteiger partial charge in [0.15, 0.2) is 6.23 Å². The standard InChI is InChI=1S/C17H18N2O2/c1-11-7-15-9-14-5-4-6-18-17(14)19(13(3)21-10-20)16(15)8-12(11)2/h4-8,10,13H,9H2,1-3H3. The summed E-state index contributed by atoms with van der Waals surface area (Å²) in [6, 6.07) is 8.36. The van der Waals surface area contributed by atoms with E-state index < -0.39 is 6.23 Å². The van der Waals surface area contributed by atoms with Crippen molar-refractivity contribution in [1.82, 2.24) is 4.98 Å². The van der Waals surface area contributed by atoms with Gasteiger partial charge in [0, 0.05) is 18.3 Å². The molecule has 1 aliphatic heterocycles. The number of hydrogen-bond donors (Lipinski definition) is 0. The molecular formula is C17H18N2O2. The van der Waals surface area contributed by atoms with E-state index in [0.29, 0.717) is 6.47 Å². The molecule has 21 heavy (non-hydrogen) atoms. The van der Waals surface area contributed by atoms with Gasteiger partial charge in [-0.05, 0) is 55.2 Å². The molecule has 1 aliphatic rings. The number of nitrogens with zero attached hydrogens (tertiary/aromatic N) is 2. The van der Waals surface area contributed by atoms with Crippen molar-refractivity contribution in [3.05, 3.63) is 52.7 Å². The van der Waals surface area contributed by atoms with Gasteiger partial charge in [-0.2, -0.15) is 0 Å². The van der Waals surface area contributed by atoms with Crippen LogP contribution < -0.4 is 4.90 Å². The first-order valence-corrected chi connectivity index (χ1v) is 7.04. The van der Waals surface area contributed by atoms with E-state index in [-0.39, 0.29) is 0 Å². The lowest BCUT2D eigenvalue weighted by Gasteiger charge is -2.35. The van der Waals surface area contributed by atoms with E-state index in [1.807, 2.05) is 17.9 Å². The van der Waals surface area contributed by atoms with Gasteiger partial charge in [-0.15, -0.1) is 0 Å². The molecule has 0 spiro atoms. The number of pyridine rings is 1. The summed E-state index contributed by atoms with van der Waals surface area (Å²) in [5, 5.41) is 0. The molecule has 108 valence electrons. The number of rotatable bonds is 3. The largest absolute Gasteiger partial charge is 0.444 e. The number of ether oxygens (including phenoxy) is 1. The summed E-state index contributed by atoms with van der Waals surface area (Å²) < 4.78 is 5.17. The Morgan fingerprint density at radius 1 is 1.29 bits per heavy atom. The summed E-state index contributed by atoms with van der Waals surface area (Å²) in [4.78, 5) is 17.2. The summed E-state index contributed by atoms with van der Waals surface area (Å²) in [5.74, 6) is 0.864. The van der Waals surface area contributed by atoms with Crippen molar-refractivity contribution >= 4 is 18.0 Å². The van der Waals surface area contributed by atoms with E-state index in [9.17, 15) is 4.79 Å². The van der Waals surface area contributed by atoms with Crippen LogP contribution in [0.2, 0.25) is 0 Å². The molecule has 1 aromatic heterocycles. The minimum Gasteiger partial charge on any atom is -0.444 e. The first-order valence-electron chi connectivity index (χ1n) is 7.04. The predicted molar refractivity (Wildman–Crippen MR) is 81.7 cm³/mol. The number of benzene rings is 1. The third kappa shape index (κ3) is 2.27. The summed E-state index contributed by atoms with van der Waals surface area (Å²) in [6.45, 7) is 6.55. The molecule has 0 aliphatic carbocycles. The zero-order valence-electron chi connectivity index (χ0n) is 12.5. The lowest BCUT2D eigenvalue weighted by Crippen LogP contribution is -2.35. The number of anilines is 2. The van der Waals surface area contributed by atoms with Crippen molar-refractivity contribution in [2.75, 3.05) is 4.90 Å². The van der Waals surface area contributed by atoms with Gasteiger partial charge >= 0.3 is 0 Å². The van der Waals surface area contributed by atoms with Gasteiger partial charge in [-0.1, -0.05) is 12.1 Å². The van der Waals surface area contributed by atoms with E-state index in [1.54, 1.807) is 6.20 Å². The van der Waals surface area contributed by atoms with Gasteiger partial charge < -0.3 is 4.74 Å². The minimum atomic E-state index is -0.391. The third-order valence-corrected chi connectivity index (χ3v) is 4.05. The van der Waals surface area contributed by atoms with Crippen molar-refractivity contribution in [3.8, 4) is 0 Å². The summed E-state index contributed by atoms with van der Waals surface area (Å²) in [7, 11) is 0. The highest BCUT2D eigenvalue weighted by molar-refractivity contribution is 5.73. The highest BCUT2D eigenvalue weighted by Crippen LogP contribution is 2.39. The number of aromatic nitrogens is 1. The second-order valence-electron chi connectivity index (χ2n) is 5.43. The maximum absolute atomic E-state index is 10.7. The quantitative estimate of drug-likeness (QED) is 0.810. The topological polar surface area (TPSA) is 42.4 Å². The number of carbonyl (C=O) groups is 1. The van der Waals surface area contributed by atoms with Gasteiger partial charge in [0.1, 0.15) is 5.82 Å². The van der Waals surface area contributed by atoms with Crippen LogP contribution in [0.15, 0.2) is 30.5 Å². The smallest absolute Gasteiger partial charge is 0.295 e. The number of carbonyl (C=O) groups excluding carboxylic acids is 1. The van der Waals surface area contributed by atoms with Crippen LogP contribution in [0.25, 0.3) is 0 Å². The monoisotopic (exact) mass is 282 g/mol. The normalized spacial score (nSPS) is 14.1. The van der Waals surface area contributed by atoms with Crippen LogP contribution >= 0.6 is 0 Å². The first-order chi connectivity index (χ1) is 10.1. The molecule has 4 nitrogen and oxygen atoms in total. The molecule has 1 aromatic carbocycles. The Kier molecular flexibility index (Phi) is 3.37. The molecule has 4 heteroatoms. The lowest BCUT2D eigenvalue weighted by atomic mass is 9.94. The van der Waals surface area contributed by atoms with Crippen LogP contribution in [0.1, 0.15) is 29.2 Å². The Hall–Kier alpha value is -2.36. The fraction of sp³-hybridized carbons (Fsp3) is 0.294. The molecule has 0 fully saturated rings. The van der Waals surface area contributed by atoms with Gasteiger partial charge in [0.25, 0.3) is 6.47 Å². The molecule has 2 heterocycles. The zero-order chi connectivity index (χ0) is 15.0. The molecular weight excluding hydrogens is 264 g/mol. The molecule has 1 unspecified atom stereocenters. The van der Waals surface area contributed by atoms with Gasteiger partial charge in [-0.3, -0.25) is 9.69 Å². The molecule has 3 rings (SSSR count). The second-order valence-corrected chi connectivity index (χ2v) is 5.43. The second kappa shape index (κ2) is 5.20. The maximum Gasteiger partial charge on any atom is 0.295 e. The molecule has 2 aromatic rings. The van der Waals surface area contributed by atoms with Crippen LogP contribution in [0.3, 0.4) is 0 Å². The lowest BCUT2D eigenvalue weighted by molar-refractivity contribution is -0.132. The van der Waals surface area contributed by atoms with Crippen LogP contribution in [-0.4, -0.2) is 17.7 Å². The molecule has 0 saturated heterocycles. The highest BCUT2D eigenvalue weighted by atomic mass is 16.5. The van der Waals surface area contributed by atoms with Crippen molar-refractivity contribution in [3.63, 3.8) is 0 Å². The van der Waals surface area contributed by atoms with Crippen LogP contribution in [-0.2, 0) is 16.0 Å². The number of hydrogen-bond acceptors (Lipinski definition) is 4. The molecule has 0 amide bonds. The summed E-state index contributed by atoms with van der Waals surface area (Å²) >= 11 is 0. The van der Waals surface area contributed by atoms with Crippen molar-refractivity contribution in [1.29, 1.82) is 0 Å². The number of aryl methyl sites for hydroxylation is 2. The first kappa shape index (κ1) is 13.6.